The number of nitrogens with one attached hydrogen (secondary N) is 1. The molecule has 1 aliphatic carbocycles. The number of hydrogen-bond donors (Lipinski definition) is 2. The third kappa shape index (κ3) is 3.37. The Balaban J connectivity index is 2.04. The molecule has 0 bridgehead atoms. The van der Waals surface area contributed by atoms with Gasteiger partial charge in [0.25, 0.3) is 0 Å². The van der Waals surface area contributed by atoms with E-state index < -0.39 is 0 Å². The molecule has 0 aromatic heterocycles. The van der Waals surface area contributed by atoms with Crippen molar-refractivity contribution in [2.75, 3.05) is 6.61 Å². The van der Waals surface area contributed by atoms with Gasteiger partial charge in [0, 0.05) is 18.7 Å². The maximum atomic E-state index is 8.64. The lowest BCUT2D eigenvalue weighted by Gasteiger charge is -2.18. The van der Waals surface area contributed by atoms with Crippen LogP contribution in [0.5, 0.6) is 0 Å². The van der Waals surface area contributed by atoms with Gasteiger partial charge in [-0.15, -0.1) is 0 Å². The van der Waals surface area contributed by atoms with E-state index in [1.807, 2.05) is 0 Å². The zero-order chi connectivity index (χ0) is 8.81. The van der Waals surface area contributed by atoms with E-state index in [1.54, 1.807) is 0 Å². The summed E-state index contributed by atoms with van der Waals surface area (Å²) in [6.07, 6.45) is 8.79. The molecule has 0 aromatic rings. The second-order valence-electron chi connectivity index (χ2n) is 3.57. The minimum Gasteiger partial charge on any atom is -0.396 e. The van der Waals surface area contributed by atoms with Crippen LogP contribution in [0.1, 0.15) is 32.6 Å². The van der Waals surface area contributed by atoms with Crippen LogP contribution in [0.15, 0.2) is 12.2 Å². The lowest BCUT2D eigenvalue weighted by atomic mass is 10.1. The Morgan fingerprint density at radius 2 is 2.17 bits per heavy atom. The number of aliphatic hydroxyl groups is 1. The van der Waals surface area contributed by atoms with E-state index in [0.717, 1.165) is 12.8 Å². The summed E-state index contributed by atoms with van der Waals surface area (Å²) in [6, 6.07) is 1.20. The van der Waals surface area contributed by atoms with Crippen molar-refractivity contribution in [2.45, 2.75) is 44.7 Å². The Bertz CT molecular complexity index is 137. The standard InChI is InChI=1S/C10H19NO/c1-9(5-4-8-12)11-10-6-2-3-7-10/h2-3,9-12H,4-8H2,1H3. The van der Waals surface area contributed by atoms with E-state index in [9.17, 15) is 0 Å². The maximum absolute atomic E-state index is 8.64. The minimum atomic E-state index is 0.314. The molecule has 2 N–H and O–H groups in total. The molecule has 0 saturated heterocycles. The second kappa shape index (κ2) is 5.33. The Kier molecular flexibility index (Phi) is 4.33. The lowest BCUT2D eigenvalue weighted by molar-refractivity contribution is 0.274. The molecular formula is C10H19NO. The van der Waals surface area contributed by atoms with Crippen LogP contribution in [-0.2, 0) is 0 Å². The minimum absolute atomic E-state index is 0.314. The molecule has 2 heteroatoms. The van der Waals surface area contributed by atoms with Crippen molar-refractivity contribution < 1.29 is 5.11 Å². The Morgan fingerprint density at radius 1 is 1.50 bits per heavy atom. The molecule has 12 heavy (non-hydrogen) atoms. The molecule has 0 amide bonds. The summed E-state index contributed by atoms with van der Waals surface area (Å²) in [5, 5.41) is 12.2. The first-order valence-electron chi connectivity index (χ1n) is 4.85. The highest BCUT2D eigenvalue weighted by Gasteiger charge is 2.11. The van der Waals surface area contributed by atoms with Gasteiger partial charge in [-0.3, -0.25) is 0 Å². The Labute approximate surface area is 74.7 Å². The summed E-state index contributed by atoms with van der Waals surface area (Å²) in [4.78, 5) is 0. The van der Waals surface area contributed by atoms with Gasteiger partial charge in [-0.2, -0.15) is 0 Å². The molecule has 2 nitrogen and oxygen atoms in total. The zero-order valence-electron chi connectivity index (χ0n) is 7.79. The van der Waals surface area contributed by atoms with Gasteiger partial charge in [0.05, 0.1) is 0 Å². The predicted molar refractivity (Wildman–Crippen MR) is 51.1 cm³/mol. The lowest BCUT2D eigenvalue weighted by Crippen LogP contribution is -2.34. The highest BCUT2D eigenvalue weighted by atomic mass is 16.2. The molecule has 0 radical (unpaired) electrons. The van der Waals surface area contributed by atoms with Crippen LogP contribution in [0.2, 0.25) is 0 Å². The van der Waals surface area contributed by atoms with Gasteiger partial charge >= 0.3 is 0 Å². The molecule has 0 spiro atoms. The van der Waals surface area contributed by atoms with Crippen LogP contribution in [0.25, 0.3) is 0 Å². The van der Waals surface area contributed by atoms with Gasteiger partial charge in [-0.05, 0) is 32.6 Å². The summed E-state index contributed by atoms with van der Waals surface area (Å²) in [5.74, 6) is 0. The molecule has 0 saturated carbocycles. The van der Waals surface area contributed by atoms with E-state index in [2.05, 4.69) is 24.4 Å². The normalized spacial score (nSPS) is 20.2. The van der Waals surface area contributed by atoms with Crippen molar-refractivity contribution in [3.8, 4) is 0 Å². The van der Waals surface area contributed by atoms with E-state index in [0.29, 0.717) is 18.7 Å². The molecule has 0 heterocycles. The monoisotopic (exact) mass is 169 g/mol. The predicted octanol–water partition coefficient (Wildman–Crippen LogP) is 1.46. The summed E-state index contributed by atoms with van der Waals surface area (Å²) < 4.78 is 0. The molecule has 0 aliphatic heterocycles. The Hall–Kier alpha value is -0.340. The summed E-state index contributed by atoms with van der Waals surface area (Å²) in [5.41, 5.74) is 0. The van der Waals surface area contributed by atoms with Crippen molar-refractivity contribution in [3.05, 3.63) is 12.2 Å². The van der Waals surface area contributed by atoms with Crippen LogP contribution in [-0.4, -0.2) is 23.8 Å². The van der Waals surface area contributed by atoms with Gasteiger partial charge in [-0.1, -0.05) is 12.2 Å². The van der Waals surface area contributed by atoms with Crippen LogP contribution < -0.4 is 5.32 Å². The van der Waals surface area contributed by atoms with Crippen molar-refractivity contribution >= 4 is 0 Å². The molecule has 1 rings (SSSR count). The van der Waals surface area contributed by atoms with E-state index in [1.165, 1.54) is 12.8 Å². The van der Waals surface area contributed by atoms with Crippen LogP contribution in [0.3, 0.4) is 0 Å². The van der Waals surface area contributed by atoms with Crippen molar-refractivity contribution in [2.24, 2.45) is 0 Å². The highest BCUT2D eigenvalue weighted by Crippen LogP contribution is 2.10. The average molecular weight is 169 g/mol. The summed E-state index contributed by atoms with van der Waals surface area (Å²) in [6.45, 7) is 2.50. The fourth-order valence-electron chi connectivity index (χ4n) is 1.64. The fraction of sp³-hybridized carbons (Fsp3) is 0.800. The van der Waals surface area contributed by atoms with Gasteiger partial charge in [0.15, 0.2) is 0 Å². The molecular weight excluding hydrogens is 150 g/mol. The van der Waals surface area contributed by atoms with E-state index in [-0.39, 0.29) is 0 Å². The van der Waals surface area contributed by atoms with Gasteiger partial charge in [0.2, 0.25) is 0 Å². The second-order valence-corrected chi connectivity index (χ2v) is 3.57. The fourth-order valence-corrected chi connectivity index (χ4v) is 1.64. The number of rotatable bonds is 5. The van der Waals surface area contributed by atoms with Crippen molar-refractivity contribution in [1.82, 2.24) is 5.32 Å². The third-order valence-corrected chi connectivity index (χ3v) is 2.32. The van der Waals surface area contributed by atoms with Gasteiger partial charge in [-0.25, -0.2) is 0 Å². The van der Waals surface area contributed by atoms with Crippen molar-refractivity contribution in [3.63, 3.8) is 0 Å². The van der Waals surface area contributed by atoms with E-state index >= 15 is 0 Å². The van der Waals surface area contributed by atoms with Crippen LogP contribution in [0.4, 0.5) is 0 Å². The zero-order valence-corrected chi connectivity index (χ0v) is 7.79. The average Bonchev–Trinajstić information content (AvgIpc) is 2.53. The number of aliphatic hydroxyl groups excluding tert-OH is 1. The summed E-state index contributed by atoms with van der Waals surface area (Å²) >= 11 is 0. The quantitative estimate of drug-likeness (QED) is 0.611. The summed E-state index contributed by atoms with van der Waals surface area (Å²) in [7, 11) is 0. The molecule has 1 atom stereocenters. The topological polar surface area (TPSA) is 32.3 Å². The van der Waals surface area contributed by atoms with Crippen LogP contribution in [0, 0.1) is 0 Å². The van der Waals surface area contributed by atoms with Gasteiger partial charge in [0.1, 0.15) is 0 Å². The highest BCUT2D eigenvalue weighted by molar-refractivity contribution is 4.98. The first-order chi connectivity index (χ1) is 5.83. The first-order valence-corrected chi connectivity index (χ1v) is 4.85. The van der Waals surface area contributed by atoms with Crippen molar-refractivity contribution in [1.29, 1.82) is 0 Å². The molecule has 70 valence electrons. The molecule has 1 aliphatic rings. The molecule has 0 fully saturated rings. The SMILES string of the molecule is CC(CCCO)NC1CC=CC1. The Morgan fingerprint density at radius 3 is 2.75 bits per heavy atom. The molecule has 1 unspecified atom stereocenters. The van der Waals surface area contributed by atoms with Gasteiger partial charge < -0.3 is 10.4 Å². The maximum Gasteiger partial charge on any atom is 0.0431 e. The molecule has 0 aromatic carbocycles. The van der Waals surface area contributed by atoms with E-state index in [4.69, 9.17) is 5.11 Å². The smallest absolute Gasteiger partial charge is 0.0431 e. The number of hydrogen-bond acceptors (Lipinski definition) is 2. The third-order valence-electron chi connectivity index (χ3n) is 2.32. The van der Waals surface area contributed by atoms with Crippen LogP contribution >= 0.6 is 0 Å². The first kappa shape index (κ1) is 9.75. The largest absolute Gasteiger partial charge is 0.396 e.